The Balaban J connectivity index is 1.53. The van der Waals surface area contributed by atoms with Gasteiger partial charge in [-0.25, -0.2) is 0 Å². The van der Waals surface area contributed by atoms with Gasteiger partial charge in [-0.3, -0.25) is 19.8 Å². The predicted molar refractivity (Wildman–Crippen MR) is 130 cm³/mol. The summed E-state index contributed by atoms with van der Waals surface area (Å²) in [5.41, 5.74) is 2.52. The van der Waals surface area contributed by atoms with E-state index in [1.54, 1.807) is 24.3 Å². The number of hydrogen-bond acceptors (Lipinski definition) is 7. The topological polar surface area (TPSA) is 103 Å². The van der Waals surface area contributed by atoms with Gasteiger partial charge >= 0.3 is 5.69 Å². The predicted octanol–water partition coefficient (Wildman–Crippen LogP) is 3.73. The molecule has 34 heavy (non-hydrogen) atoms. The van der Waals surface area contributed by atoms with Gasteiger partial charge in [0.2, 0.25) is 0 Å². The van der Waals surface area contributed by atoms with Crippen LogP contribution in [0.3, 0.4) is 0 Å². The Morgan fingerprint density at radius 2 is 2.12 bits per heavy atom. The molecule has 2 aromatic carbocycles. The third-order valence-corrected chi connectivity index (χ3v) is 6.01. The molecule has 1 amide bonds. The van der Waals surface area contributed by atoms with Crippen LogP contribution in [0.15, 0.2) is 42.1 Å². The van der Waals surface area contributed by atoms with Crippen LogP contribution in [0.25, 0.3) is 6.08 Å². The van der Waals surface area contributed by atoms with Crippen molar-refractivity contribution < 1.29 is 23.9 Å². The number of nitro groups is 1. The summed E-state index contributed by atoms with van der Waals surface area (Å²) in [7, 11) is 1.54. The van der Waals surface area contributed by atoms with Gasteiger partial charge in [-0.1, -0.05) is 12.1 Å². The summed E-state index contributed by atoms with van der Waals surface area (Å²) < 4.78 is 16.9. The molecule has 178 valence electrons. The molecule has 2 aliphatic heterocycles. The van der Waals surface area contributed by atoms with Crippen molar-refractivity contribution >= 4 is 35.0 Å². The number of amides is 1. The van der Waals surface area contributed by atoms with Crippen LogP contribution in [0.4, 0.5) is 5.69 Å². The van der Waals surface area contributed by atoms with Gasteiger partial charge in [0.1, 0.15) is 18.1 Å². The van der Waals surface area contributed by atoms with Crippen molar-refractivity contribution in [2.45, 2.75) is 32.5 Å². The normalized spacial score (nSPS) is 18.9. The minimum absolute atomic E-state index is 0.00142. The molecule has 0 aliphatic carbocycles. The third kappa shape index (κ3) is 5.18. The van der Waals surface area contributed by atoms with E-state index in [1.807, 2.05) is 19.1 Å². The lowest BCUT2D eigenvalue weighted by atomic mass is 10.1. The highest BCUT2D eigenvalue weighted by Gasteiger charge is 2.33. The number of nitrogens with one attached hydrogen (secondary N) is 1. The number of methoxy groups -OCH3 is 1. The Hall–Kier alpha value is -3.50. The fraction of sp³-hybridized carbons (Fsp3) is 0.333. The molecule has 0 bridgehead atoms. The van der Waals surface area contributed by atoms with Crippen LogP contribution in [0.1, 0.15) is 29.5 Å². The molecular formula is C24H25N3O6S. The average molecular weight is 484 g/mol. The van der Waals surface area contributed by atoms with Crippen molar-refractivity contribution in [1.29, 1.82) is 0 Å². The van der Waals surface area contributed by atoms with Crippen molar-refractivity contribution in [3.8, 4) is 11.5 Å². The summed E-state index contributed by atoms with van der Waals surface area (Å²) in [6.45, 7) is 3.02. The minimum Gasteiger partial charge on any atom is -0.496 e. The highest BCUT2D eigenvalue weighted by atomic mass is 32.1. The molecule has 2 fully saturated rings. The third-order valence-electron chi connectivity index (χ3n) is 5.68. The monoisotopic (exact) mass is 483 g/mol. The molecule has 0 aromatic heterocycles. The van der Waals surface area contributed by atoms with E-state index in [1.165, 1.54) is 18.1 Å². The van der Waals surface area contributed by atoms with Crippen LogP contribution in [0.5, 0.6) is 11.5 Å². The lowest BCUT2D eigenvalue weighted by Gasteiger charge is -2.18. The summed E-state index contributed by atoms with van der Waals surface area (Å²) in [6.07, 6.45) is 3.60. The van der Waals surface area contributed by atoms with E-state index in [2.05, 4.69) is 5.32 Å². The van der Waals surface area contributed by atoms with Crippen molar-refractivity contribution in [2.24, 2.45) is 0 Å². The van der Waals surface area contributed by atoms with Crippen LogP contribution in [0, 0.1) is 17.0 Å². The zero-order chi connectivity index (χ0) is 24.2. The van der Waals surface area contributed by atoms with Gasteiger partial charge in [0.15, 0.2) is 10.9 Å². The van der Waals surface area contributed by atoms with Crippen molar-refractivity contribution in [3.05, 3.63) is 68.9 Å². The first kappa shape index (κ1) is 23.7. The lowest BCUT2D eigenvalue weighted by molar-refractivity contribution is -0.386. The van der Waals surface area contributed by atoms with Gasteiger partial charge < -0.3 is 19.5 Å². The Kier molecular flexibility index (Phi) is 7.09. The Labute approximate surface area is 202 Å². The summed E-state index contributed by atoms with van der Waals surface area (Å²) in [5.74, 6) is 0.543. The van der Waals surface area contributed by atoms with E-state index in [0.717, 1.165) is 24.0 Å². The van der Waals surface area contributed by atoms with E-state index in [-0.39, 0.29) is 30.1 Å². The molecule has 9 nitrogen and oxygen atoms in total. The van der Waals surface area contributed by atoms with E-state index in [4.69, 9.17) is 26.4 Å². The van der Waals surface area contributed by atoms with Crippen LogP contribution < -0.4 is 14.8 Å². The molecule has 2 aromatic rings. The number of carbonyl (C=O) groups is 1. The number of nitrogens with zero attached hydrogens (tertiary/aromatic N) is 2. The first-order valence-electron chi connectivity index (χ1n) is 10.9. The number of nitro benzene ring substituents is 1. The van der Waals surface area contributed by atoms with E-state index >= 15 is 0 Å². The first-order valence-corrected chi connectivity index (χ1v) is 11.3. The van der Waals surface area contributed by atoms with Gasteiger partial charge in [-0.05, 0) is 67.4 Å². The number of rotatable bonds is 8. The zero-order valence-corrected chi connectivity index (χ0v) is 19.7. The summed E-state index contributed by atoms with van der Waals surface area (Å²) in [5, 5.41) is 14.7. The minimum atomic E-state index is -0.477. The molecule has 10 heteroatoms. The van der Waals surface area contributed by atoms with Crippen LogP contribution >= 0.6 is 12.2 Å². The number of ether oxygens (including phenoxy) is 3. The van der Waals surface area contributed by atoms with E-state index in [9.17, 15) is 14.9 Å². The largest absolute Gasteiger partial charge is 0.496 e. The molecule has 2 saturated heterocycles. The van der Waals surface area contributed by atoms with Gasteiger partial charge in [0.05, 0.1) is 24.7 Å². The quantitative estimate of drug-likeness (QED) is 0.262. The zero-order valence-electron chi connectivity index (χ0n) is 18.9. The first-order chi connectivity index (χ1) is 16.4. The molecule has 1 N–H and O–H groups in total. The van der Waals surface area contributed by atoms with Gasteiger partial charge in [0.25, 0.3) is 5.91 Å². The standard InChI is InChI=1S/C24H25N3O6S/c1-15-5-7-20(27(29)30)22(10-15)33-14-17-11-16(6-8-21(17)31-2)12-19-23(28)26(24(34)25-19)13-18-4-3-9-32-18/h5-8,10-12,18H,3-4,9,13-14H2,1-2H3,(H,25,34)/b19-12+. The summed E-state index contributed by atoms with van der Waals surface area (Å²) in [4.78, 5) is 25.3. The molecule has 1 atom stereocenters. The molecule has 1 unspecified atom stereocenters. The smallest absolute Gasteiger partial charge is 0.310 e. The van der Waals surface area contributed by atoms with Crippen molar-refractivity contribution in [2.75, 3.05) is 20.3 Å². The van der Waals surface area contributed by atoms with Crippen LogP contribution in [-0.4, -0.2) is 47.2 Å². The fourth-order valence-corrected chi connectivity index (χ4v) is 4.21. The second kappa shape index (κ2) is 10.2. The molecular weight excluding hydrogens is 458 g/mol. The molecule has 4 rings (SSSR count). The number of carbonyl (C=O) groups excluding carboxylic acids is 1. The van der Waals surface area contributed by atoms with Gasteiger partial charge in [-0.15, -0.1) is 0 Å². The Morgan fingerprint density at radius 1 is 1.29 bits per heavy atom. The SMILES string of the molecule is COc1ccc(/C=C2/NC(=S)N(CC3CCCO3)C2=O)cc1COc1cc(C)ccc1[N+](=O)[O-]. The lowest BCUT2D eigenvalue weighted by Crippen LogP contribution is -2.37. The highest BCUT2D eigenvalue weighted by molar-refractivity contribution is 7.80. The van der Waals surface area contributed by atoms with Crippen LogP contribution in [-0.2, 0) is 16.1 Å². The van der Waals surface area contributed by atoms with E-state index in [0.29, 0.717) is 35.3 Å². The Bertz CT molecular complexity index is 1160. The van der Waals surface area contributed by atoms with Crippen molar-refractivity contribution in [3.63, 3.8) is 0 Å². The van der Waals surface area contributed by atoms with E-state index < -0.39 is 4.92 Å². The summed E-state index contributed by atoms with van der Waals surface area (Å²) in [6, 6.07) is 10.1. The number of aryl methyl sites for hydroxylation is 1. The Morgan fingerprint density at radius 3 is 2.82 bits per heavy atom. The van der Waals surface area contributed by atoms with Crippen molar-refractivity contribution in [1.82, 2.24) is 10.2 Å². The molecule has 0 radical (unpaired) electrons. The van der Waals surface area contributed by atoms with Crippen LogP contribution in [0.2, 0.25) is 0 Å². The number of hydrogen-bond donors (Lipinski definition) is 1. The molecule has 0 saturated carbocycles. The maximum absolute atomic E-state index is 12.9. The maximum Gasteiger partial charge on any atom is 0.310 e. The highest BCUT2D eigenvalue weighted by Crippen LogP contribution is 2.30. The van der Waals surface area contributed by atoms with Gasteiger partial charge in [0, 0.05) is 18.2 Å². The average Bonchev–Trinajstić information content (AvgIpc) is 3.42. The second-order valence-electron chi connectivity index (χ2n) is 8.13. The molecule has 2 aliphatic rings. The number of benzene rings is 2. The summed E-state index contributed by atoms with van der Waals surface area (Å²) >= 11 is 5.35. The maximum atomic E-state index is 12.9. The molecule has 0 spiro atoms. The number of thiocarbonyl (C=S) groups is 1. The second-order valence-corrected chi connectivity index (χ2v) is 8.51. The molecule has 2 heterocycles. The fourth-order valence-electron chi connectivity index (χ4n) is 3.94. The van der Waals surface area contributed by atoms with Gasteiger partial charge in [-0.2, -0.15) is 0 Å².